The van der Waals surface area contributed by atoms with Gasteiger partial charge in [-0.15, -0.1) is 0 Å². The number of nitrogens with one attached hydrogen (secondary N) is 1. The van der Waals surface area contributed by atoms with Gasteiger partial charge in [-0.25, -0.2) is 4.98 Å². The number of amides is 1. The zero-order valence-corrected chi connectivity index (χ0v) is 12.9. The first-order chi connectivity index (χ1) is 11.5. The molecule has 1 aliphatic rings. The Bertz CT molecular complexity index is 867. The average Bonchev–Trinajstić information content (AvgIpc) is 2.65. The molecule has 0 spiro atoms. The van der Waals surface area contributed by atoms with Gasteiger partial charge >= 0.3 is 0 Å². The second-order valence-corrected chi connectivity index (χ2v) is 5.28. The first kappa shape index (κ1) is 15.5. The minimum absolute atomic E-state index is 0.143. The van der Waals surface area contributed by atoms with E-state index < -0.39 is 5.91 Å². The van der Waals surface area contributed by atoms with Crippen molar-refractivity contribution in [2.24, 2.45) is 10.7 Å². The van der Waals surface area contributed by atoms with Gasteiger partial charge in [-0.1, -0.05) is 18.7 Å². The van der Waals surface area contributed by atoms with Crippen LogP contribution in [-0.4, -0.2) is 28.8 Å². The number of aromatic nitrogens is 1. The highest BCUT2D eigenvalue weighted by atomic mass is 16.3. The van der Waals surface area contributed by atoms with Crippen molar-refractivity contribution in [1.82, 2.24) is 4.98 Å². The largest absolute Gasteiger partial charge is 0.508 e. The molecule has 2 heterocycles. The summed E-state index contributed by atoms with van der Waals surface area (Å²) >= 11 is 0. The van der Waals surface area contributed by atoms with Crippen molar-refractivity contribution in [2.45, 2.75) is 0 Å². The maximum absolute atomic E-state index is 11.4. The Hall–Kier alpha value is -3.41. The smallest absolute Gasteiger partial charge is 0.267 e. The number of carbonyl (C=O) groups excluding carboxylic acids is 1. The fourth-order valence-electron chi connectivity index (χ4n) is 2.36. The summed E-state index contributed by atoms with van der Waals surface area (Å²) in [6.45, 7) is 4.42. The van der Waals surface area contributed by atoms with Crippen LogP contribution >= 0.6 is 0 Å². The molecule has 0 aliphatic carbocycles. The number of allylic oxidation sites excluding steroid dienone is 2. The van der Waals surface area contributed by atoms with E-state index in [1.165, 1.54) is 0 Å². The maximum Gasteiger partial charge on any atom is 0.267 e. The average molecular weight is 320 g/mol. The Morgan fingerprint density at radius 2 is 2.00 bits per heavy atom. The van der Waals surface area contributed by atoms with Gasteiger partial charge < -0.3 is 16.2 Å². The van der Waals surface area contributed by atoms with Gasteiger partial charge in [-0.05, 0) is 35.4 Å². The quantitative estimate of drug-likeness (QED) is 0.790. The van der Waals surface area contributed by atoms with E-state index >= 15 is 0 Å². The molecular formula is C18H16N4O2. The Morgan fingerprint density at radius 3 is 2.71 bits per heavy atom. The molecule has 1 amide bonds. The van der Waals surface area contributed by atoms with Crippen LogP contribution in [0.1, 0.15) is 5.56 Å². The van der Waals surface area contributed by atoms with Crippen molar-refractivity contribution < 1.29 is 9.90 Å². The van der Waals surface area contributed by atoms with E-state index in [4.69, 9.17) is 5.73 Å². The number of hydrogen-bond donors (Lipinski definition) is 3. The predicted molar refractivity (Wildman–Crippen MR) is 94.6 cm³/mol. The highest BCUT2D eigenvalue weighted by molar-refractivity contribution is 5.97. The lowest BCUT2D eigenvalue weighted by molar-refractivity contribution is -0.114. The minimum atomic E-state index is -0.613. The number of rotatable bonds is 2. The molecule has 0 saturated heterocycles. The Kier molecular flexibility index (Phi) is 4.11. The number of benzene rings is 1. The predicted octanol–water partition coefficient (Wildman–Crippen LogP) is 2.33. The minimum Gasteiger partial charge on any atom is -0.508 e. The zero-order valence-electron chi connectivity index (χ0n) is 12.9. The molecule has 0 atom stereocenters. The second kappa shape index (κ2) is 6.37. The maximum atomic E-state index is 11.4. The topological polar surface area (TPSA) is 101 Å². The summed E-state index contributed by atoms with van der Waals surface area (Å²) in [6, 6.07) is 8.76. The molecule has 4 N–H and O–H groups in total. The molecule has 0 unspecified atom stereocenters. The van der Waals surface area contributed by atoms with Gasteiger partial charge in [0, 0.05) is 23.5 Å². The summed E-state index contributed by atoms with van der Waals surface area (Å²) in [7, 11) is 0. The number of primary amides is 1. The third kappa shape index (κ3) is 3.17. The molecular weight excluding hydrogens is 304 g/mol. The summed E-state index contributed by atoms with van der Waals surface area (Å²) in [5, 5.41) is 12.5. The summed E-state index contributed by atoms with van der Waals surface area (Å²) < 4.78 is 0. The summed E-state index contributed by atoms with van der Waals surface area (Å²) in [5.41, 5.74) is 8.59. The molecule has 3 rings (SSSR count). The van der Waals surface area contributed by atoms with Gasteiger partial charge in [0.1, 0.15) is 17.3 Å². The van der Waals surface area contributed by atoms with E-state index in [1.807, 2.05) is 6.07 Å². The molecule has 0 fully saturated rings. The number of aliphatic imine (C=N–C) groups is 1. The van der Waals surface area contributed by atoms with Crippen LogP contribution in [0.5, 0.6) is 5.75 Å². The number of pyridine rings is 1. The molecule has 0 radical (unpaired) electrons. The van der Waals surface area contributed by atoms with Crippen LogP contribution in [-0.2, 0) is 4.79 Å². The monoisotopic (exact) mass is 320 g/mol. The van der Waals surface area contributed by atoms with Crippen LogP contribution in [0.4, 0.5) is 5.82 Å². The first-order valence-corrected chi connectivity index (χ1v) is 7.31. The lowest BCUT2D eigenvalue weighted by Crippen LogP contribution is -2.13. The highest BCUT2D eigenvalue weighted by Gasteiger charge is 2.12. The fourth-order valence-corrected chi connectivity index (χ4v) is 2.36. The van der Waals surface area contributed by atoms with E-state index in [-0.39, 0.29) is 11.4 Å². The molecule has 2 aromatic rings. The van der Waals surface area contributed by atoms with Gasteiger partial charge in [0.2, 0.25) is 0 Å². The Balaban J connectivity index is 2.07. The number of aromatic hydroxyl groups is 1. The number of phenolic OH excluding ortho intramolecular Hbond substituents is 1. The van der Waals surface area contributed by atoms with Crippen LogP contribution in [0.25, 0.3) is 16.7 Å². The van der Waals surface area contributed by atoms with Crippen LogP contribution in [0.15, 0.2) is 59.9 Å². The third-order valence-electron chi connectivity index (χ3n) is 3.59. The summed E-state index contributed by atoms with van der Waals surface area (Å²) in [4.78, 5) is 19.9. The molecule has 0 saturated carbocycles. The van der Waals surface area contributed by atoms with Gasteiger partial charge in [0.15, 0.2) is 0 Å². The number of carbonyl (C=O) groups is 1. The van der Waals surface area contributed by atoms with Crippen molar-refractivity contribution in [3.8, 4) is 16.9 Å². The van der Waals surface area contributed by atoms with Gasteiger partial charge in [0.05, 0.1) is 6.54 Å². The molecule has 1 aromatic carbocycles. The second-order valence-electron chi connectivity index (χ2n) is 5.28. The molecule has 120 valence electrons. The van der Waals surface area contributed by atoms with Crippen molar-refractivity contribution in [1.29, 1.82) is 0 Å². The summed E-state index contributed by atoms with van der Waals surface area (Å²) in [5.74, 6) is 0.237. The number of hydrogen-bond acceptors (Lipinski definition) is 5. The Labute approximate surface area is 139 Å². The van der Waals surface area contributed by atoms with Crippen molar-refractivity contribution in [2.75, 3.05) is 11.9 Å². The van der Waals surface area contributed by atoms with Crippen LogP contribution in [0.2, 0.25) is 0 Å². The number of nitrogens with zero attached hydrogens (tertiary/aromatic N) is 2. The summed E-state index contributed by atoms with van der Waals surface area (Å²) in [6.07, 6.45) is 4.85. The number of anilines is 1. The molecule has 0 bridgehead atoms. The Morgan fingerprint density at radius 1 is 1.25 bits per heavy atom. The molecule has 24 heavy (non-hydrogen) atoms. The van der Waals surface area contributed by atoms with Crippen molar-refractivity contribution >= 4 is 23.5 Å². The molecule has 1 aliphatic heterocycles. The van der Waals surface area contributed by atoms with E-state index in [2.05, 4.69) is 21.9 Å². The number of nitrogens with two attached hydrogens (primary N) is 1. The van der Waals surface area contributed by atoms with Gasteiger partial charge in [0.25, 0.3) is 5.91 Å². The normalized spacial score (nSPS) is 17.3. The lowest BCUT2D eigenvalue weighted by atomic mass is 10.0. The molecule has 6 heteroatoms. The van der Waals surface area contributed by atoms with Crippen molar-refractivity contribution in [3.05, 3.63) is 60.4 Å². The number of phenols is 1. The van der Waals surface area contributed by atoms with Crippen molar-refractivity contribution in [3.63, 3.8) is 0 Å². The van der Waals surface area contributed by atoms with Crippen LogP contribution < -0.4 is 11.1 Å². The van der Waals surface area contributed by atoms with E-state index in [9.17, 15) is 9.90 Å². The van der Waals surface area contributed by atoms with Crippen LogP contribution in [0.3, 0.4) is 0 Å². The van der Waals surface area contributed by atoms with E-state index in [1.54, 1.807) is 42.8 Å². The van der Waals surface area contributed by atoms with Gasteiger partial charge in [-0.3, -0.25) is 9.79 Å². The SMILES string of the molecule is C=C1/C=C(C(N)=O)\N=C/CNc2ncc(-c3ccc(O)cc3)cc21. The zero-order chi connectivity index (χ0) is 17.1. The molecule has 1 aromatic heterocycles. The number of fused-ring (bicyclic) bond motifs is 1. The van der Waals surface area contributed by atoms with Crippen LogP contribution in [0, 0.1) is 0 Å². The third-order valence-corrected chi connectivity index (χ3v) is 3.59. The van der Waals surface area contributed by atoms with E-state index in [0.29, 0.717) is 17.9 Å². The molecule has 6 nitrogen and oxygen atoms in total. The lowest BCUT2D eigenvalue weighted by Gasteiger charge is -2.12. The highest BCUT2D eigenvalue weighted by Crippen LogP contribution is 2.29. The standard InChI is InChI=1S/C18H16N4O2/c1-11-8-16(17(19)24)20-6-7-21-18-15(11)9-13(10-22-18)12-2-4-14(23)5-3-12/h2-6,8-10,23H,1,7H2,(H2,19,24)(H,21,22)/b16-8-,20-6-. The van der Waals surface area contributed by atoms with E-state index in [0.717, 1.165) is 16.7 Å². The fraction of sp³-hybridized carbons (Fsp3) is 0.0556. The van der Waals surface area contributed by atoms with Gasteiger partial charge in [-0.2, -0.15) is 0 Å². The first-order valence-electron chi connectivity index (χ1n) is 7.31.